The zero-order valence-corrected chi connectivity index (χ0v) is 17.8. The monoisotopic (exact) mass is 412 g/mol. The molecule has 0 unspecified atom stereocenters. The maximum absolute atomic E-state index is 6.24. The number of halogens is 1. The minimum absolute atomic E-state index is 0. The summed E-state index contributed by atoms with van der Waals surface area (Å²) < 4.78 is 7.71. The molecule has 5 nitrogen and oxygen atoms in total. The van der Waals surface area contributed by atoms with Crippen LogP contribution in [0.1, 0.15) is 42.1 Å². The van der Waals surface area contributed by atoms with Crippen LogP contribution in [-0.2, 0) is 11.3 Å². The maximum atomic E-state index is 6.24. The van der Waals surface area contributed by atoms with Gasteiger partial charge in [0.1, 0.15) is 5.82 Å². The van der Waals surface area contributed by atoms with Crippen molar-refractivity contribution in [2.24, 2.45) is 5.73 Å². The van der Waals surface area contributed by atoms with Crippen LogP contribution in [0.15, 0.2) is 54.6 Å². The number of benzene rings is 2. The zero-order chi connectivity index (χ0) is 19.5. The van der Waals surface area contributed by atoms with Crippen molar-refractivity contribution >= 4 is 12.4 Å². The Balaban J connectivity index is 0.00000240. The van der Waals surface area contributed by atoms with Gasteiger partial charge in [-0.1, -0.05) is 60.2 Å². The van der Waals surface area contributed by atoms with Crippen LogP contribution >= 0.6 is 12.4 Å². The summed E-state index contributed by atoms with van der Waals surface area (Å²) in [5.74, 6) is 2.13. The van der Waals surface area contributed by atoms with Crippen molar-refractivity contribution in [2.45, 2.75) is 50.8 Å². The maximum Gasteiger partial charge on any atom is 0.181 e. The van der Waals surface area contributed by atoms with E-state index in [9.17, 15) is 0 Å². The van der Waals surface area contributed by atoms with Crippen molar-refractivity contribution in [3.8, 4) is 11.4 Å². The molecule has 1 aliphatic carbocycles. The number of hydrogen-bond acceptors (Lipinski definition) is 4. The molecule has 1 saturated carbocycles. The highest BCUT2D eigenvalue weighted by molar-refractivity contribution is 5.85. The first-order valence-electron chi connectivity index (χ1n) is 9.98. The Morgan fingerprint density at radius 3 is 2.62 bits per heavy atom. The van der Waals surface area contributed by atoms with E-state index in [0.29, 0.717) is 5.92 Å². The highest BCUT2D eigenvalue weighted by atomic mass is 35.5. The Morgan fingerprint density at radius 2 is 1.90 bits per heavy atom. The molecule has 0 radical (unpaired) electrons. The Hall–Kier alpha value is -2.21. The molecule has 0 saturated heterocycles. The van der Waals surface area contributed by atoms with Crippen LogP contribution in [0.3, 0.4) is 0 Å². The normalized spacial score (nSPS) is 21.6. The average molecular weight is 413 g/mol. The van der Waals surface area contributed by atoms with Gasteiger partial charge in [-0.25, -0.2) is 9.67 Å². The first-order valence-corrected chi connectivity index (χ1v) is 9.98. The second kappa shape index (κ2) is 9.53. The molecule has 0 bridgehead atoms. The minimum Gasteiger partial charge on any atom is -0.380 e. The topological polar surface area (TPSA) is 66.0 Å². The summed E-state index contributed by atoms with van der Waals surface area (Å²) in [5.41, 5.74) is 9.77. The van der Waals surface area contributed by atoms with Gasteiger partial charge in [-0.2, -0.15) is 5.10 Å². The number of hydrogen-bond donors (Lipinski definition) is 1. The van der Waals surface area contributed by atoms with Crippen LogP contribution < -0.4 is 5.73 Å². The number of methoxy groups -OCH3 is 1. The van der Waals surface area contributed by atoms with E-state index in [1.165, 1.54) is 11.1 Å². The molecule has 0 spiro atoms. The third-order valence-corrected chi connectivity index (χ3v) is 5.66. The van der Waals surface area contributed by atoms with Gasteiger partial charge in [0.25, 0.3) is 0 Å². The Labute approximate surface area is 178 Å². The van der Waals surface area contributed by atoms with Crippen molar-refractivity contribution in [1.29, 1.82) is 0 Å². The zero-order valence-electron chi connectivity index (χ0n) is 17.0. The van der Waals surface area contributed by atoms with Gasteiger partial charge in [0.05, 0.1) is 12.6 Å². The summed E-state index contributed by atoms with van der Waals surface area (Å²) in [6, 6.07) is 18.9. The van der Waals surface area contributed by atoms with Gasteiger partial charge < -0.3 is 10.5 Å². The number of nitrogens with two attached hydrogens (primary N) is 1. The third-order valence-electron chi connectivity index (χ3n) is 5.66. The molecule has 2 aromatic carbocycles. The van der Waals surface area contributed by atoms with Crippen molar-refractivity contribution in [2.75, 3.05) is 7.11 Å². The predicted molar refractivity (Wildman–Crippen MR) is 118 cm³/mol. The van der Waals surface area contributed by atoms with E-state index >= 15 is 0 Å². The lowest BCUT2D eigenvalue weighted by Crippen LogP contribution is -2.41. The van der Waals surface area contributed by atoms with E-state index in [2.05, 4.69) is 48.0 Å². The van der Waals surface area contributed by atoms with Crippen LogP contribution in [0.5, 0.6) is 0 Å². The van der Waals surface area contributed by atoms with E-state index in [0.717, 1.165) is 43.0 Å². The van der Waals surface area contributed by atoms with Gasteiger partial charge in [0.15, 0.2) is 5.82 Å². The molecule has 3 aromatic rings. The fourth-order valence-electron chi connectivity index (χ4n) is 4.12. The second-order valence-electron chi connectivity index (χ2n) is 7.75. The quantitative estimate of drug-likeness (QED) is 0.677. The molecule has 4 rings (SSSR count). The number of rotatable bonds is 5. The smallest absolute Gasteiger partial charge is 0.181 e. The Kier molecular flexibility index (Phi) is 7.06. The molecule has 29 heavy (non-hydrogen) atoms. The number of aryl methyl sites for hydroxylation is 1. The van der Waals surface area contributed by atoms with E-state index < -0.39 is 0 Å². The summed E-state index contributed by atoms with van der Waals surface area (Å²) in [6.45, 7) is 2.84. The molecule has 3 atom stereocenters. The minimum atomic E-state index is 0. The van der Waals surface area contributed by atoms with E-state index in [-0.39, 0.29) is 24.6 Å². The molecule has 1 fully saturated rings. The first-order chi connectivity index (χ1) is 13.6. The average Bonchev–Trinajstić information content (AvgIpc) is 3.13. The van der Waals surface area contributed by atoms with Crippen molar-refractivity contribution in [3.63, 3.8) is 0 Å². The predicted octanol–water partition coefficient (Wildman–Crippen LogP) is 4.33. The lowest BCUT2D eigenvalue weighted by atomic mass is 9.83. The molecule has 1 aromatic heterocycles. The summed E-state index contributed by atoms with van der Waals surface area (Å²) >= 11 is 0. The lowest BCUT2D eigenvalue weighted by Gasteiger charge is -2.32. The number of nitrogens with zero attached hydrogens (tertiary/aromatic N) is 3. The standard InChI is InChI=1S/C23H28N4O.ClH/c1-16-7-6-8-17(13-16)15-27-23(19-11-12-20(24)21(14-19)28-2)25-22(26-27)18-9-4-3-5-10-18;/h3-10,13,19-21H,11-12,14-15,24H2,1-2H3;1H/t19-,20+,21+;/m0./s1. The fraction of sp³-hybridized carbons (Fsp3) is 0.391. The molecule has 0 amide bonds. The van der Waals surface area contributed by atoms with Gasteiger partial charge in [0, 0.05) is 24.6 Å². The summed E-state index contributed by atoms with van der Waals surface area (Å²) in [5, 5.41) is 4.88. The Bertz CT molecular complexity index is 928. The van der Waals surface area contributed by atoms with Crippen molar-refractivity contribution in [1.82, 2.24) is 14.8 Å². The van der Waals surface area contributed by atoms with E-state index in [4.69, 9.17) is 20.6 Å². The van der Waals surface area contributed by atoms with Gasteiger partial charge in [-0.3, -0.25) is 0 Å². The fourth-order valence-corrected chi connectivity index (χ4v) is 4.12. The molecule has 1 aliphatic rings. The molecular formula is C23H29ClN4O. The summed E-state index contributed by atoms with van der Waals surface area (Å²) in [6.07, 6.45) is 2.92. The molecule has 2 N–H and O–H groups in total. The lowest BCUT2D eigenvalue weighted by molar-refractivity contribution is 0.0456. The van der Waals surface area contributed by atoms with Gasteiger partial charge >= 0.3 is 0 Å². The van der Waals surface area contributed by atoms with Crippen LogP contribution in [0.4, 0.5) is 0 Å². The van der Waals surface area contributed by atoms with Crippen LogP contribution in [0.2, 0.25) is 0 Å². The summed E-state index contributed by atoms with van der Waals surface area (Å²) in [7, 11) is 1.75. The number of aromatic nitrogens is 3. The van der Waals surface area contributed by atoms with Gasteiger partial charge in [-0.15, -0.1) is 12.4 Å². The van der Waals surface area contributed by atoms with Gasteiger partial charge in [-0.05, 0) is 31.7 Å². The van der Waals surface area contributed by atoms with Crippen LogP contribution in [-0.4, -0.2) is 34.0 Å². The molecular weight excluding hydrogens is 384 g/mol. The summed E-state index contributed by atoms with van der Waals surface area (Å²) in [4.78, 5) is 4.97. The Morgan fingerprint density at radius 1 is 1.10 bits per heavy atom. The molecule has 0 aliphatic heterocycles. The van der Waals surface area contributed by atoms with Gasteiger partial charge in [0.2, 0.25) is 0 Å². The molecule has 1 heterocycles. The SMILES string of the molecule is CO[C@@H]1C[C@@H](c2nc(-c3ccccc3)nn2Cc2cccc(C)c2)CC[C@H]1N.Cl. The molecule has 154 valence electrons. The van der Waals surface area contributed by atoms with Crippen LogP contribution in [0.25, 0.3) is 11.4 Å². The third kappa shape index (κ3) is 4.86. The molecule has 6 heteroatoms. The van der Waals surface area contributed by atoms with Crippen LogP contribution in [0, 0.1) is 6.92 Å². The highest BCUT2D eigenvalue weighted by Crippen LogP contribution is 2.34. The van der Waals surface area contributed by atoms with Crippen molar-refractivity contribution in [3.05, 3.63) is 71.5 Å². The first kappa shape index (κ1) is 21.5. The van der Waals surface area contributed by atoms with Crippen molar-refractivity contribution < 1.29 is 4.74 Å². The highest BCUT2D eigenvalue weighted by Gasteiger charge is 2.32. The number of ether oxygens (including phenoxy) is 1. The largest absolute Gasteiger partial charge is 0.380 e. The second-order valence-corrected chi connectivity index (χ2v) is 7.75. The van der Waals surface area contributed by atoms with E-state index in [1.807, 2.05) is 18.2 Å². The van der Waals surface area contributed by atoms with E-state index in [1.54, 1.807) is 7.11 Å².